The molecule has 106 valence electrons. The fourth-order valence-corrected chi connectivity index (χ4v) is 1.50. The molecule has 0 aliphatic heterocycles. The Morgan fingerprint density at radius 1 is 1.32 bits per heavy atom. The van der Waals surface area contributed by atoms with Gasteiger partial charge in [-0.3, -0.25) is 0 Å². The summed E-state index contributed by atoms with van der Waals surface area (Å²) in [6.45, 7) is 7.26. The van der Waals surface area contributed by atoms with E-state index in [1.165, 1.54) is 18.2 Å². The van der Waals surface area contributed by atoms with Gasteiger partial charge in [-0.05, 0) is 30.7 Å². The maximum Gasteiger partial charge on any atom is 0.419 e. The zero-order chi connectivity index (χ0) is 14.3. The first-order valence-corrected chi connectivity index (χ1v) is 6.11. The molecule has 0 unspecified atom stereocenters. The molecule has 0 saturated heterocycles. The SMILES string of the molecule is C=C(CNCCC)COc1ccccc1C(F)(F)F. The van der Waals surface area contributed by atoms with Gasteiger partial charge in [0, 0.05) is 6.54 Å². The third-order valence-corrected chi connectivity index (χ3v) is 2.43. The first kappa shape index (κ1) is 15.6. The Bertz CT molecular complexity index is 415. The standard InChI is InChI=1S/C14H18F3NO/c1-3-8-18-9-11(2)10-19-13-7-5-4-6-12(13)14(15,16)17/h4-7,18H,2-3,8-10H2,1H3. The predicted molar refractivity (Wildman–Crippen MR) is 69.2 cm³/mol. The Morgan fingerprint density at radius 2 is 2.00 bits per heavy atom. The molecular weight excluding hydrogens is 255 g/mol. The number of rotatable bonds is 7. The lowest BCUT2D eigenvalue weighted by Crippen LogP contribution is -2.20. The molecule has 1 aromatic rings. The van der Waals surface area contributed by atoms with Crippen LogP contribution in [0.15, 0.2) is 36.4 Å². The lowest BCUT2D eigenvalue weighted by molar-refractivity contribution is -0.138. The highest BCUT2D eigenvalue weighted by molar-refractivity contribution is 5.35. The van der Waals surface area contributed by atoms with Gasteiger partial charge >= 0.3 is 6.18 Å². The van der Waals surface area contributed by atoms with Crippen molar-refractivity contribution in [1.82, 2.24) is 5.32 Å². The van der Waals surface area contributed by atoms with Crippen LogP contribution in [0.1, 0.15) is 18.9 Å². The molecule has 19 heavy (non-hydrogen) atoms. The minimum absolute atomic E-state index is 0.0732. The van der Waals surface area contributed by atoms with Crippen LogP contribution in [0.4, 0.5) is 13.2 Å². The van der Waals surface area contributed by atoms with Crippen LogP contribution in [-0.4, -0.2) is 19.7 Å². The van der Waals surface area contributed by atoms with Gasteiger partial charge in [-0.2, -0.15) is 13.2 Å². The molecule has 0 atom stereocenters. The molecule has 0 heterocycles. The normalized spacial score (nSPS) is 11.4. The smallest absolute Gasteiger partial charge is 0.419 e. The van der Waals surface area contributed by atoms with Crippen LogP contribution in [-0.2, 0) is 6.18 Å². The van der Waals surface area contributed by atoms with Crippen molar-refractivity contribution in [2.75, 3.05) is 19.7 Å². The number of hydrogen-bond acceptors (Lipinski definition) is 2. The average molecular weight is 273 g/mol. The van der Waals surface area contributed by atoms with Gasteiger partial charge in [0.25, 0.3) is 0 Å². The van der Waals surface area contributed by atoms with E-state index in [1.54, 1.807) is 0 Å². The van der Waals surface area contributed by atoms with Gasteiger partial charge in [-0.1, -0.05) is 25.6 Å². The molecule has 1 rings (SSSR count). The van der Waals surface area contributed by atoms with Crippen molar-refractivity contribution >= 4 is 0 Å². The van der Waals surface area contributed by atoms with Gasteiger partial charge in [0.05, 0.1) is 5.56 Å². The number of benzene rings is 1. The number of ether oxygens (including phenoxy) is 1. The Morgan fingerprint density at radius 3 is 2.63 bits per heavy atom. The van der Waals surface area contributed by atoms with E-state index in [2.05, 4.69) is 11.9 Å². The molecule has 0 aliphatic carbocycles. The van der Waals surface area contributed by atoms with Gasteiger partial charge in [0.15, 0.2) is 0 Å². The Labute approximate surface area is 111 Å². The summed E-state index contributed by atoms with van der Waals surface area (Å²) in [5.74, 6) is -0.161. The van der Waals surface area contributed by atoms with E-state index in [4.69, 9.17) is 4.74 Å². The van der Waals surface area contributed by atoms with Crippen LogP contribution in [0.25, 0.3) is 0 Å². The quantitative estimate of drug-likeness (QED) is 0.605. The second kappa shape index (κ2) is 7.19. The van der Waals surface area contributed by atoms with Gasteiger partial charge in [0.2, 0.25) is 0 Å². The van der Waals surface area contributed by atoms with Crippen LogP contribution in [0.3, 0.4) is 0 Å². The lowest BCUT2D eigenvalue weighted by Gasteiger charge is -2.14. The zero-order valence-electron chi connectivity index (χ0n) is 10.9. The molecule has 0 saturated carbocycles. The molecule has 0 aromatic heterocycles. The molecule has 0 radical (unpaired) electrons. The Balaban J connectivity index is 2.56. The van der Waals surface area contributed by atoms with E-state index in [1.807, 2.05) is 6.92 Å². The van der Waals surface area contributed by atoms with Crippen LogP contribution in [0.2, 0.25) is 0 Å². The van der Waals surface area contributed by atoms with Crippen LogP contribution in [0, 0.1) is 0 Å². The van der Waals surface area contributed by atoms with Crippen LogP contribution >= 0.6 is 0 Å². The van der Waals surface area contributed by atoms with E-state index in [0.717, 1.165) is 19.0 Å². The Hall–Kier alpha value is -1.49. The second-order valence-corrected chi connectivity index (χ2v) is 4.21. The van der Waals surface area contributed by atoms with Crippen molar-refractivity contribution in [1.29, 1.82) is 0 Å². The molecule has 0 aliphatic rings. The largest absolute Gasteiger partial charge is 0.489 e. The zero-order valence-corrected chi connectivity index (χ0v) is 10.9. The number of alkyl halides is 3. The van der Waals surface area contributed by atoms with Gasteiger partial charge in [-0.25, -0.2) is 0 Å². The number of nitrogens with one attached hydrogen (secondary N) is 1. The molecule has 0 spiro atoms. The lowest BCUT2D eigenvalue weighted by atomic mass is 10.2. The van der Waals surface area contributed by atoms with Crippen molar-refractivity contribution in [2.45, 2.75) is 19.5 Å². The van der Waals surface area contributed by atoms with Crippen molar-refractivity contribution in [3.8, 4) is 5.75 Å². The highest BCUT2D eigenvalue weighted by Crippen LogP contribution is 2.35. The van der Waals surface area contributed by atoms with E-state index in [9.17, 15) is 13.2 Å². The minimum Gasteiger partial charge on any atom is -0.489 e. The highest BCUT2D eigenvalue weighted by atomic mass is 19.4. The molecule has 0 amide bonds. The fraction of sp³-hybridized carbons (Fsp3) is 0.429. The average Bonchev–Trinajstić information content (AvgIpc) is 2.36. The summed E-state index contributed by atoms with van der Waals surface area (Å²) in [6.07, 6.45) is -3.41. The topological polar surface area (TPSA) is 21.3 Å². The third-order valence-electron chi connectivity index (χ3n) is 2.43. The number of para-hydroxylation sites is 1. The van der Waals surface area contributed by atoms with Crippen molar-refractivity contribution in [3.63, 3.8) is 0 Å². The molecule has 2 nitrogen and oxygen atoms in total. The Kier molecular flexibility index (Phi) is 5.89. The van der Waals surface area contributed by atoms with E-state index in [0.29, 0.717) is 12.1 Å². The number of halogens is 3. The van der Waals surface area contributed by atoms with Gasteiger partial charge in [-0.15, -0.1) is 0 Å². The number of hydrogen-bond donors (Lipinski definition) is 1. The van der Waals surface area contributed by atoms with Crippen LogP contribution in [0.5, 0.6) is 5.75 Å². The highest BCUT2D eigenvalue weighted by Gasteiger charge is 2.33. The third kappa shape index (κ3) is 5.34. The van der Waals surface area contributed by atoms with Crippen molar-refractivity contribution in [3.05, 3.63) is 42.0 Å². The van der Waals surface area contributed by atoms with E-state index >= 15 is 0 Å². The molecular formula is C14H18F3NO. The summed E-state index contributed by atoms with van der Waals surface area (Å²) in [5, 5.41) is 3.11. The fourth-order valence-electron chi connectivity index (χ4n) is 1.50. The summed E-state index contributed by atoms with van der Waals surface area (Å²) < 4.78 is 43.3. The minimum atomic E-state index is -4.40. The second-order valence-electron chi connectivity index (χ2n) is 4.21. The summed E-state index contributed by atoms with van der Waals surface area (Å²) in [7, 11) is 0. The first-order chi connectivity index (χ1) is 8.95. The molecule has 5 heteroatoms. The predicted octanol–water partition coefficient (Wildman–Crippen LogP) is 3.64. The van der Waals surface area contributed by atoms with E-state index < -0.39 is 11.7 Å². The summed E-state index contributed by atoms with van der Waals surface area (Å²) in [5.41, 5.74) is -0.0465. The molecule has 0 fully saturated rings. The van der Waals surface area contributed by atoms with Crippen molar-refractivity contribution in [2.24, 2.45) is 0 Å². The monoisotopic (exact) mass is 273 g/mol. The van der Waals surface area contributed by atoms with Gasteiger partial charge < -0.3 is 10.1 Å². The molecule has 0 bridgehead atoms. The summed E-state index contributed by atoms with van der Waals surface area (Å²) >= 11 is 0. The van der Waals surface area contributed by atoms with Gasteiger partial charge in [0.1, 0.15) is 12.4 Å². The van der Waals surface area contributed by atoms with Crippen LogP contribution < -0.4 is 10.1 Å². The van der Waals surface area contributed by atoms with Crippen molar-refractivity contribution < 1.29 is 17.9 Å². The molecule has 1 aromatic carbocycles. The summed E-state index contributed by atoms with van der Waals surface area (Å²) in [4.78, 5) is 0. The first-order valence-electron chi connectivity index (χ1n) is 6.11. The summed E-state index contributed by atoms with van der Waals surface area (Å²) in [6, 6.07) is 5.18. The maximum absolute atomic E-state index is 12.7. The molecule has 1 N–H and O–H groups in total. The van der Waals surface area contributed by atoms with E-state index in [-0.39, 0.29) is 12.4 Å². The maximum atomic E-state index is 12.7.